The molecular weight excluding hydrogens is 275 g/mol. The van der Waals surface area contributed by atoms with Crippen LogP contribution in [0.15, 0.2) is 18.2 Å². The number of hydrogen-bond donors (Lipinski definition) is 3. The Balaban J connectivity index is 2.31. The monoisotopic (exact) mass is 296 g/mol. The van der Waals surface area contributed by atoms with Crippen molar-refractivity contribution in [3.05, 3.63) is 35.1 Å². The van der Waals surface area contributed by atoms with Crippen LogP contribution in [0.4, 0.5) is 4.39 Å². The van der Waals surface area contributed by atoms with E-state index in [9.17, 15) is 14.0 Å². The number of hydrogen-bond acceptors (Lipinski definition) is 3. The number of carboxylic acid groups (broad SMARTS) is 1. The first-order valence-electron chi connectivity index (χ1n) is 6.89. The molecule has 0 aromatic heterocycles. The molecule has 0 aliphatic carbocycles. The van der Waals surface area contributed by atoms with Crippen LogP contribution >= 0.6 is 0 Å². The first-order chi connectivity index (χ1) is 9.90. The van der Waals surface area contributed by atoms with E-state index in [4.69, 9.17) is 5.11 Å². The van der Waals surface area contributed by atoms with E-state index in [0.717, 1.165) is 0 Å². The third-order valence-electron chi connectivity index (χ3n) is 2.83. The van der Waals surface area contributed by atoms with Crippen molar-refractivity contribution in [1.29, 1.82) is 0 Å². The highest BCUT2D eigenvalue weighted by Crippen LogP contribution is 2.10. The van der Waals surface area contributed by atoms with Gasteiger partial charge in [0.25, 0.3) is 0 Å². The first-order valence-corrected chi connectivity index (χ1v) is 6.89. The van der Waals surface area contributed by atoms with E-state index in [1.165, 1.54) is 12.1 Å². The summed E-state index contributed by atoms with van der Waals surface area (Å²) in [5.41, 5.74) is 0.298. The van der Waals surface area contributed by atoms with Crippen LogP contribution in [0.3, 0.4) is 0 Å². The van der Waals surface area contributed by atoms with Gasteiger partial charge in [-0.1, -0.05) is 19.9 Å². The summed E-state index contributed by atoms with van der Waals surface area (Å²) in [6.45, 7) is 5.56. The van der Waals surface area contributed by atoms with E-state index in [-0.39, 0.29) is 11.5 Å². The van der Waals surface area contributed by atoms with Crippen LogP contribution in [-0.2, 0) is 11.3 Å². The van der Waals surface area contributed by atoms with Crippen LogP contribution in [0.5, 0.6) is 0 Å². The van der Waals surface area contributed by atoms with Crippen LogP contribution in [0.2, 0.25) is 0 Å². The van der Waals surface area contributed by atoms with Crippen molar-refractivity contribution in [2.75, 3.05) is 13.1 Å². The fraction of sp³-hybridized carbons (Fsp3) is 0.467. The Labute approximate surface area is 123 Å². The molecule has 0 saturated heterocycles. The average molecular weight is 296 g/mol. The van der Waals surface area contributed by atoms with Gasteiger partial charge >= 0.3 is 5.97 Å². The normalized spacial score (nSPS) is 10.7. The lowest BCUT2D eigenvalue weighted by Gasteiger charge is -2.08. The largest absolute Gasteiger partial charge is 0.478 e. The molecule has 1 amide bonds. The standard InChI is InChI=1S/C15H21FN2O3/c1-10(2)8-18-14(19)5-6-17-9-11-3-4-12(15(20)21)13(16)7-11/h3-4,7,10,17H,5-6,8-9H2,1-2H3,(H,18,19)(H,20,21). The number of nitrogens with one attached hydrogen (secondary N) is 2. The Hall–Kier alpha value is -1.95. The van der Waals surface area contributed by atoms with Crippen molar-refractivity contribution >= 4 is 11.9 Å². The van der Waals surface area contributed by atoms with Gasteiger partial charge in [-0.05, 0) is 23.6 Å². The molecule has 0 aliphatic heterocycles. The van der Waals surface area contributed by atoms with Crippen molar-refractivity contribution in [1.82, 2.24) is 10.6 Å². The fourth-order valence-corrected chi connectivity index (χ4v) is 1.68. The van der Waals surface area contributed by atoms with E-state index >= 15 is 0 Å². The van der Waals surface area contributed by atoms with Gasteiger partial charge in [-0.25, -0.2) is 9.18 Å². The Morgan fingerprint density at radius 1 is 1.33 bits per heavy atom. The molecule has 5 nitrogen and oxygen atoms in total. The van der Waals surface area contributed by atoms with E-state index < -0.39 is 11.8 Å². The Bertz CT molecular complexity index is 504. The molecular formula is C15H21FN2O3. The van der Waals surface area contributed by atoms with Crippen LogP contribution in [-0.4, -0.2) is 30.1 Å². The summed E-state index contributed by atoms with van der Waals surface area (Å²) in [6, 6.07) is 3.98. The molecule has 3 N–H and O–H groups in total. The molecule has 1 aromatic carbocycles. The van der Waals surface area contributed by atoms with Gasteiger partial charge in [0, 0.05) is 26.1 Å². The molecule has 0 unspecified atom stereocenters. The van der Waals surface area contributed by atoms with Gasteiger partial charge in [0.05, 0.1) is 5.56 Å². The van der Waals surface area contributed by atoms with Crippen molar-refractivity contribution in [3.8, 4) is 0 Å². The zero-order valence-electron chi connectivity index (χ0n) is 12.3. The average Bonchev–Trinajstić information content (AvgIpc) is 2.41. The molecule has 0 atom stereocenters. The van der Waals surface area contributed by atoms with Gasteiger partial charge in [0.2, 0.25) is 5.91 Å². The topological polar surface area (TPSA) is 78.4 Å². The van der Waals surface area contributed by atoms with Crippen molar-refractivity contribution in [3.63, 3.8) is 0 Å². The second kappa shape index (κ2) is 8.36. The fourth-order valence-electron chi connectivity index (χ4n) is 1.68. The third kappa shape index (κ3) is 6.35. The number of benzene rings is 1. The maximum Gasteiger partial charge on any atom is 0.338 e. The molecule has 0 heterocycles. The molecule has 116 valence electrons. The van der Waals surface area contributed by atoms with E-state index in [1.54, 1.807) is 6.07 Å². The van der Waals surface area contributed by atoms with Crippen LogP contribution < -0.4 is 10.6 Å². The Kier molecular flexibility index (Phi) is 6.81. The number of amides is 1. The molecule has 0 fully saturated rings. The lowest BCUT2D eigenvalue weighted by Crippen LogP contribution is -2.30. The van der Waals surface area contributed by atoms with Crippen molar-refractivity contribution in [2.24, 2.45) is 5.92 Å². The first kappa shape index (κ1) is 17.1. The summed E-state index contributed by atoms with van der Waals surface area (Å²) in [7, 11) is 0. The van der Waals surface area contributed by atoms with Crippen LogP contribution in [0, 0.1) is 11.7 Å². The van der Waals surface area contributed by atoms with Gasteiger partial charge in [0.1, 0.15) is 5.82 Å². The minimum Gasteiger partial charge on any atom is -0.478 e. The number of halogens is 1. The number of rotatable bonds is 8. The second-order valence-electron chi connectivity index (χ2n) is 5.24. The smallest absolute Gasteiger partial charge is 0.338 e. The second-order valence-corrected chi connectivity index (χ2v) is 5.24. The molecule has 6 heteroatoms. The summed E-state index contributed by atoms with van der Waals surface area (Å²) in [5.74, 6) is -1.65. The molecule has 0 aliphatic rings. The highest BCUT2D eigenvalue weighted by molar-refractivity contribution is 5.87. The summed E-state index contributed by atoms with van der Waals surface area (Å²) in [4.78, 5) is 22.1. The van der Waals surface area contributed by atoms with E-state index in [2.05, 4.69) is 10.6 Å². The summed E-state index contributed by atoms with van der Waals surface area (Å²) >= 11 is 0. The predicted octanol–water partition coefficient (Wildman–Crippen LogP) is 1.78. The lowest BCUT2D eigenvalue weighted by molar-refractivity contribution is -0.121. The minimum atomic E-state index is -1.28. The number of aromatic carboxylic acids is 1. The number of carbonyl (C=O) groups is 2. The number of carboxylic acids is 1. The third-order valence-corrected chi connectivity index (χ3v) is 2.83. The zero-order chi connectivity index (χ0) is 15.8. The molecule has 1 aromatic rings. The van der Waals surface area contributed by atoms with E-state index in [0.29, 0.717) is 37.5 Å². The Morgan fingerprint density at radius 3 is 2.62 bits per heavy atom. The maximum atomic E-state index is 13.4. The summed E-state index contributed by atoms with van der Waals surface area (Å²) < 4.78 is 13.4. The minimum absolute atomic E-state index is 0.0244. The highest BCUT2D eigenvalue weighted by Gasteiger charge is 2.10. The van der Waals surface area contributed by atoms with Gasteiger partial charge < -0.3 is 15.7 Å². The van der Waals surface area contributed by atoms with Crippen molar-refractivity contribution < 1.29 is 19.1 Å². The van der Waals surface area contributed by atoms with Crippen LogP contribution in [0.25, 0.3) is 0 Å². The molecule has 0 saturated carbocycles. The SMILES string of the molecule is CC(C)CNC(=O)CCNCc1ccc(C(=O)O)c(F)c1. The van der Waals surface area contributed by atoms with Gasteiger partial charge in [-0.2, -0.15) is 0 Å². The van der Waals surface area contributed by atoms with Gasteiger partial charge in [-0.15, -0.1) is 0 Å². The molecule has 0 bridgehead atoms. The number of carbonyl (C=O) groups excluding carboxylic acids is 1. The van der Waals surface area contributed by atoms with Crippen molar-refractivity contribution in [2.45, 2.75) is 26.8 Å². The van der Waals surface area contributed by atoms with Gasteiger partial charge in [0.15, 0.2) is 0 Å². The zero-order valence-corrected chi connectivity index (χ0v) is 12.3. The molecule has 0 spiro atoms. The molecule has 0 radical (unpaired) electrons. The summed E-state index contributed by atoms with van der Waals surface area (Å²) in [5, 5.41) is 14.5. The molecule has 21 heavy (non-hydrogen) atoms. The van der Waals surface area contributed by atoms with Gasteiger partial charge in [-0.3, -0.25) is 4.79 Å². The van der Waals surface area contributed by atoms with Crippen LogP contribution in [0.1, 0.15) is 36.2 Å². The summed E-state index contributed by atoms with van der Waals surface area (Å²) in [6.07, 6.45) is 0.350. The highest BCUT2D eigenvalue weighted by atomic mass is 19.1. The Morgan fingerprint density at radius 2 is 2.05 bits per heavy atom. The lowest BCUT2D eigenvalue weighted by atomic mass is 10.1. The van der Waals surface area contributed by atoms with E-state index in [1.807, 2.05) is 13.8 Å². The quantitative estimate of drug-likeness (QED) is 0.639. The molecule has 1 rings (SSSR count). The maximum absolute atomic E-state index is 13.4. The predicted molar refractivity (Wildman–Crippen MR) is 77.5 cm³/mol.